The molecule has 128 valence electrons. The lowest BCUT2D eigenvalue weighted by atomic mass is 10.1. The Bertz CT molecular complexity index is 426. The Morgan fingerprint density at radius 1 is 1.27 bits per heavy atom. The van der Waals surface area contributed by atoms with Crippen LogP contribution in [0.1, 0.15) is 62.0 Å². The molecule has 0 aliphatic rings. The van der Waals surface area contributed by atoms with Crippen molar-refractivity contribution in [2.24, 2.45) is 4.99 Å². The molecule has 1 unspecified atom stereocenters. The van der Waals surface area contributed by atoms with Crippen LogP contribution in [-0.2, 0) is 6.54 Å². The molecule has 1 aromatic rings. The molecule has 0 saturated heterocycles. The van der Waals surface area contributed by atoms with Gasteiger partial charge in [0.15, 0.2) is 5.96 Å². The summed E-state index contributed by atoms with van der Waals surface area (Å²) in [7, 11) is 0. The lowest BCUT2D eigenvalue weighted by Crippen LogP contribution is -2.42. The predicted octanol–water partition coefficient (Wildman–Crippen LogP) is 4.40. The Morgan fingerprint density at radius 3 is 2.55 bits per heavy atom. The molecule has 0 amide bonds. The van der Waals surface area contributed by atoms with Gasteiger partial charge in [-0.15, -0.1) is 35.3 Å². The number of hydrogen-bond acceptors (Lipinski definition) is 3. The zero-order valence-electron chi connectivity index (χ0n) is 14.5. The van der Waals surface area contributed by atoms with Crippen molar-refractivity contribution < 1.29 is 0 Å². The quantitative estimate of drug-likeness (QED) is 0.274. The SMILES string of the molecule is CCCCCC(C)NC(=NCc1nc(C)c(C)s1)NCC.I. The van der Waals surface area contributed by atoms with Crippen molar-refractivity contribution in [1.82, 2.24) is 15.6 Å². The van der Waals surface area contributed by atoms with Crippen LogP contribution in [0.4, 0.5) is 0 Å². The van der Waals surface area contributed by atoms with Gasteiger partial charge in [-0.1, -0.05) is 26.2 Å². The predicted molar refractivity (Wildman–Crippen MR) is 109 cm³/mol. The van der Waals surface area contributed by atoms with Crippen LogP contribution in [0.2, 0.25) is 0 Å². The molecule has 0 fully saturated rings. The van der Waals surface area contributed by atoms with Crippen molar-refractivity contribution in [3.05, 3.63) is 15.6 Å². The highest BCUT2D eigenvalue weighted by atomic mass is 127. The Hall–Kier alpha value is -0.370. The second kappa shape index (κ2) is 12.1. The van der Waals surface area contributed by atoms with Crippen LogP contribution in [0.3, 0.4) is 0 Å². The molecule has 22 heavy (non-hydrogen) atoms. The highest BCUT2D eigenvalue weighted by Crippen LogP contribution is 2.16. The van der Waals surface area contributed by atoms with Crippen LogP contribution >= 0.6 is 35.3 Å². The third-order valence-electron chi connectivity index (χ3n) is 3.41. The topological polar surface area (TPSA) is 49.3 Å². The van der Waals surface area contributed by atoms with Gasteiger partial charge in [0.25, 0.3) is 0 Å². The summed E-state index contributed by atoms with van der Waals surface area (Å²) in [5, 5.41) is 7.88. The van der Waals surface area contributed by atoms with Gasteiger partial charge < -0.3 is 10.6 Å². The van der Waals surface area contributed by atoms with E-state index in [4.69, 9.17) is 0 Å². The van der Waals surface area contributed by atoms with Crippen molar-refractivity contribution in [2.75, 3.05) is 6.54 Å². The fourth-order valence-corrected chi connectivity index (χ4v) is 2.94. The van der Waals surface area contributed by atoms with Gasteiger partial charge in [-0.3, -0.25) is 0 Å². The molecule has 0 spiro atoms. The number of halogens is 1. The van der Waals surface area contributed by atoms with Gasteiger partial charge in [0, 0.05) is 17.5 Å². The van der Waals surface area contributed by atoms with E-state index in [2.05, 4.69) is 55.2 Å². The second-order valence-electron chi connectivity index (χ2n) is 5.49. The molecule has 0 saturated carbocycles. The molecule has 0 aliphatic carbocycles. The fourth-order valence-electron chi connectivity index (χ4n) is 2.08. The summed E-state index contributed by atoms with van der Waals surface area (Å²) in [6.07, 6.45) is 5.03. The number of aryl methyl sites for hydroxylation is 2. The van der Waals surface area contributed by atoms with Crippen LogP contribution in [-0.4, -0.2) is 23.5 Å². The Kier molecular flexibility index (Phi) is 11.9. The smallest absolute Gasteiger partial charge is 0.191 e. The van der Waals surface area contributed by atoms with E-state index in [1.165, 1.54) is 30.6 Å². The molecule has 1 heterocycles. The molecule has 1 rings (SSSR count). The van der Waals surface area contributed by atoms with Crippen LogP contribution in [0.5, 0.6) is 0 Å². The van der Waals surface area contributed by atoms with Crippen molar-refractivity contribution in [2.45, 2.75) is 72.9 Å². The number of thiazole rings is 1. The third-order valence-corrected chi connectivity index (χ3v) is 4.47. The summed E-state index contributed by atoms with van der Waals surface area (Å²) >= 11 is 1.74. The van der Waals surface area contributed by atoms with Crippen LogP contribution < -0.4 is 10.6 Å². The molecule has 0 aliphatic heterocycles. The third kappa shape index (κ3) is 8.31. The summed E-state index contributed by atoms with van der Waals surface area (Å²) < 4.78 is 0. The zero-order valence-corrected chi connectivity index (χ0v) is 17.7. The number of unbranched alkanes of at least 4 members (excludes halogenated alkanes) is 2. The number of nitrogens with zero attached hydrogens (tertiary/aromatic N) is 2. The number of rotatable bonds is 8. The first kappa shape index (κ1) is 21.6. The molecule has 6 heteroatoms. The maximum Gasteiger partial charge on any atom is 0.191 e. The van der Waals surface area contributed by atoms with E-state index < -0.39 is 0 Å². The summed E-state index contributed by atoms with van der Waals surface area (Å²) in [5.74, 6) is 0.895. The van der Waals surface area contributed by atoms with Crippen LogP contribution in [0.15, 0.2) is 4.99 Å². The second-order valence-corrected chi connectivity index (χ2v) is 6.77. The maximum atomic E-state index is 4.65. The summed E-state index contributed by atoms with van der Waals surface area (Å²) in [6, 6.07) is 0.453. The lowest BCUT2D eigenvalue weighted by Gasteiger charge is -2.17. The maximum absolute atomic E-state index is 4.65. The van der Waals surface area contributed by atoms with E-state index in [0.29, 0.717) is 12.6 Å². The lowest BCUT2D eigenvalue weighted by molar-refractivity contribution is 0.547. The first-order chi connectivity index (χ1) is 10.1. The van der Waals surface area contributed by atoms with Gasteiger partial charge >= 0.3 is 0 Å². The number of nitrogens with one attached hydrogen (secondary N) is 2. The fraction of sp³-hybridized carbons (Fsp3) is 0.750. The Labute approximate surface area is 156 Å². The first-order valence-electron chi connectivity index (χ1n) is 8.04. The highest BCUT2D eigenvalue weighted by molar-refractivity contribution is 14.0. The van der Waals surface area contributed by atoms with Crippen molar-refractivity contribution >= 4 is 41.3 Å². The van der Waals surface area contributed by atoms with E-state index in [9.17, 15) is 0 Å². The van der Waals surface area contributed by atoms with E-state index >= 15 is 0 Å². The number of guanidine groups is 1. The minimum atomic E-state index is 0. The monoisotopic (exact) mass is 438 g/mol. The molecule has 4 nitrogen and oxygen atoms in total. The summed E-state index contributed by atoms with van der Waals surface area (Å²) in [6.45, 7) is 12.2. The Balaban J connectivity index is 0.00000441. The minimum absolute atomic E-state index is 0. The molecular weight excluding hydrogens is 407 g/mol. The van der Waals surface area contributed by atoms with E-state index in [0.717, 1.165) is 23.2 Å². The number of hydrogen-bond donors (Lipinski definition) is 2. The molecule has 0 bridgehead atoms. The standard InChI is InChI=1S/C16H30N4S.HI/c1-6-8-9-10-12(3)19-16(17-7-2)18-11-15-20-13(4)14(5)21-15;/h12H,6-11H2,1-5H3,(H2,17,18,19);1H. The average Bonchev–Trinajstić information content (AvgIpc) is 2.76. The van der Waals surface area contributed by atoms with Crippen LogP contribution in [0, 0.1) is 13.8 Å². The van der Waals surface area contributed by atoms with Gasteiger partial charge in [0.05, 0.1) is 12.2 Å². The molecular formula is C16H31IN4S. The highest BCUT2D eigenvalue weighted by Gasteiger charge is 2.06. The van der Waals surface area contributed by atoms with E-state index in [1.54, 1.807) is 11.3 Å². The van der Waals surface area contributed by atoms with Crippen molar-refractivity contribution in [3.63, 3.8) is 0 Å². The average molecular weight is 438 g/mol. The molecule has 0 radical (unpaired) electrons. The number of aliphatic imine (C=N–C) groups is 1. The van der Waals surface area contributed by atoms with Gasteiger partial charge in [-0.2, -0.15) is 0 Å². The van der Waals surface area contributed by atoms with Crippen LogP contribution in [0.25, 0.3) is 0 Å². The Morgan fingerprint density at radius 2 is 2.00 bits per heavy atom. The van der Waals surface area contributed by atoms with Gasteiger partial charge in [0.2, 0.25) is 0 Å². The van der Waals surface area contributed by atoms with E-state index in [1.807, 2.05) is 0 Å². The van der Waals surface area contributed by atoms with Gasteiger partial charge in [-0.25, -0.2) is 9.98 Å². The molecule has 0 aromatic carbocycles. The molecule has 1 atom stereocenters. The normalized spacial score (nSPS) is 12.7. The minimum Gasteiger partial charge on any atom is -0.357 e. The van der Waals surface area contributed by atoms with Crippen molar-refractivity contribution in [1.29, 1.82) is 0 Å². The number of aromatic nitrogens is 1. The van der Waals surface area contributed by atoms with Gasteiger partial charge in [-0.05, 0) is 34.1 Å². The summed E-state index contributed by atoms with van der Waals surface area (Å²) in [5.41, 5.74) is 1.12. The largest absolute Gasteiger partial charge is 0.357 e. The molecule has 1 aromatic heterocycles. The van der Waals surface area contributed by atoms with Crippen molar-refractivity contribution in [3.8, 4) is 0 Å². The summed E-state index contributed by atoms with van der Waals surface area (Å²) in [4.78, 5) is 10.5. The zero-order chi connectivity index (χ0) is 15.7. The van der Waals surface area contributed by atoms with Gasteiger partial charge in [0.1, 0.15) is 5.01 Å². The van der Waals surface area contributed by atoms with E-state index in [-0.39, 0.29) is 24.0 Å². The molecule has 2 N–H and O–H groups in total. The first-order valence-corrected chi connectivity index (χ1v) is 8.86.